The molecule has 1 aliphatic heterocycles. The SMILES string of the molecule is Fc1ccc(OCCCc2cccc3[nH]c4c(c23)CCNCC4)cc1. The van der Waals surface area contributed by atoms with Crippen molar-refractivity contribution < 1.29 is 9.13 Å². The van der Waals surface area contributed by atoms with Gasteiger partial charge < -0.3 is 15.0 Å². The van der Waals surface area contributed by atoms with Crippen molar-refractivity contribution in [3.8, 4) is 5.75 Å². The molecule has 1 aliphatic rings. The van der Waals surface area contributed by atoms with E-state index in [1.807, 2.05) is 0 Å². The second-order valence-electron chi connectivity index (χ2n) is 6.58. The van der Waals surface area contributed by atoms with Crippen LogP contribution in [0.4, 0.5) is 4.39 Å². The Kier molecular flexibility index (Phi) is 4.70. The van der Waals surface area contributed by atoms with E-state index < -0.39 is 0 Å². The van der Waals surface area contributed by atoms with Crippen LogP contribution in [-0.4, -0.2) is 24.7 Å². The normalized spacial score (nSPS) is 14.3. The first kappa shape index (κ1) is 16.2. The summed E-state index contributed by atoms with van der Waals surface area (Å²) in [6.07, 6.45) is 4.07. The van der Waals surface area contributed by atoms with Gasteiger partial charge in [-0.15, -0.1) is 0 Å². The Hall–Kier alpha value is -2.33. The molecule has 4 rings (SSSR count). The third-order valence-corrected chi connectivity index (χ3v) is 4.88. The molecule has 1 aromatic heterocycles. The molecule has 0 unspecified atom stereocenters. The van der Waals surface area contributed by atoms with Gasteiger partial charge in [0.1, 0.15) is 11.6 Å². The van der Waals surface area contributed by atoms with E-state index in [4.69, 9.17) is 4.74 Å². The molecule has 2 heterocycles. The first-order chi connectivity index (χ1) is 12.3. The minimum absolute atomic E-state index is 0.235. The van der Waals surface area contributed by atoms with Crippen molar-refractivity contribution in [3.63, 3.8) is 0 Å². The minimum atomic E-state index is -0.235. The number of ether oxygens (including phenoxy) is 1. The Labute approximate surface area is 147 Å². The second kappa shape index (κ2) is 7.28. The molecule has 0 saturated heterocycles. The zero-order chi connectivity index (χ0) is 17.1. The number of fused-ring (bicyclic) bond motifs is 3. The standard InChI is InChI=1S/C21H23FN2O/c22-16-6-8-17(9-7-16)25-14-2-4-15-3-1-5-20-21(15)18-10-12-23-13-11-19(18)24-20/h1,3,5-9,23-24H,2,4,10-14H2. The lowest BCUT2D eigenvalue weighted by molar-refractivity contribution is 0.310. The molecule has 0 atom stereocenters. The zero-order valence-electron chi connectivity index (χ0n) is 14.3. The van der Waals surface area contributed by atoms with E-state index in [9.17, 15) is 4.39 Å². The van der Waals surface area contributed by atoms with Gasteiger partial charge in [-0.1, -0.05) is 12.1 Å². The van der Waals surface area contributed by atoms with Crippen molar-refractivity contribution in [1.82, 2.24) is 10.3 Å². The number of hydrogen-bond acceptors (Lipinski definition) is 2. The summed E-state index contributed by atoms with van der Waals surface area (Å²) in [5.41, 5.74) is 5.51. The molecular weight excluding hydrogens is 315 g/mol. The van der Waals surface area contributed by atoms with Crippen LogP contribution in [0.2, 0.25) is 0 Å². The molecule has 0 radical (unpaired) electrons. The van der Waals surface area contributed by atoms with Crippen LogP contribution in [0, 0.1) is 5.82 Å². The van der Waals surface area contributed by atoms with E-state index in [1.54, 1.807) is 12.1 Å². The molecule has 3 nitrogen and oxygen atoms in total. The van der Waals surface area contributed by atoms with E-state index in [-0.39, 0.29) is 5.82 Å². The third-order valence-electron chi connectivity index (χ3n) is 4.88. The van der Waals surface area contributed by atoms with Crippen molar-refractivity contribution in [2.24, 2.45) is 0 Å². The van der Waals surface area contributed by atoms with Gasteiger partial charge in [0.2, 0.25) is 0 Å². The molecule has 25 heavy (non-hydrogen) atoms. The molecule has 4 heteroatoms. The Balaban J connectivity index is 1.46. The lowest BCUT2D eigenvalue weighted by Gasteiger charge is -2.08. The molecule has 3 aromatic rings. The average Bonchev–Trinajstić information content (AvgIpc) is 2.83. The number of H-pyrrole nitrogens is 1. The second-order valence-corrected chi connectivity index (χ2v) is 6.58. The molecule has 0 amide bonds. The van der Waals surface area contributed by atoms with Crippen molar-refractivity contribution in [1.29, 1.82) is 0 Å². The lowest BCUT2D eigenvalue weighted by atomic mass is 9.99. The molecule has 2 N–H and O–H groups in total. The Morgan fingerprint density at radius 2 is 1.84 bits per heavy atom. The van der Waals surface area contributed by atoms with E-state index in [1.165, 1.54) is 39.9 Å². The van der Waals surface area contributed by atoms with Crippen LogP contribution in [0.15, 0.2) is 42.5 Å². The summed E-state index contributed by atoms with van der Waals surface area (Å²) in [6, 6.07) is 12.7. The van der Waals surface area contributed by atoms with Gasteiger partial charge in [0.15, 0.2) is 0 Å². The number of nitrogens with one attached hydrogen (secondary N) is 2. The summed E-state index contributed by atoms with van der Waals surface area (Å²) in [6.45, 7) is 2.72. The summed E-state index contributed by atoms with van der Waals surface area (Å²) in [5.74, 6) is 0.489. The summed E-state index contributed by atoms with van der Waals surface area (Å²) in [5, 5.41) is 4.88. The molecule has 0 aliphatic carbocycles. The maximum Gasteiger partial charge on any atom is 0.123 e. The number of aromatic amines is 1. The molecule has 2 aromatic carbocycles. The predicted octanol–water partition coefficient (Wildman–Crippen LogP) is 4.01. The number of aryl methyl sites for hydroxylation is 1. The van der Waals surface area contributed by atoms with Crippen molar-refractivity contribution in [2.45, 2.75) is 25.7 Å². The lowest BCUT2D eigenvalue weighted by Crippen LogP contribution is -2.16. The van der Waals surface area contributed by atoms with Gasteiger partial charge in [0, 0.05) is 29.6 Å². The highest BCUT2D eigenvalue weighted by Gasteiger charge is 2.16. The topological polar surface area (TPSA) is 37.0 Å². The summed E-state index contributed by atoms with van der Waals surface area (Å²) in [4.78, 5) is 3.61. The van der Waals surface area contributed by atoms with Crippen LogP contribution in [-0.2, 0) is 19.3 Å². The van der Waals surface area contributed by atoms with Crippen LogP contribution >= 0.6 is 0 Å². The Morgan fingerprint density at radius 1 is 1.00 bits per heavy atom. The Morgan fingerprint density at radius 3 is 2.72 bits per heavy atom. The number of benzene rings is 2. The molecular formula is C21H23FN2O. The molecule has 0 bridgehead atoms. The van der Waals surface area contributed by atoms with Crippen LogP contribution in [0.5, 0.6) is 5.75 Å². The fraction of sp³-hybridized carbons (Fsp3) is 0.333. The summed E-state index contributed by atoms with van der Waals surface area (Å²) >= 11 is 0. The minimum Gasteiger partial charge on any atom is -0.494 e. The number of halogens is 1. The highest BCUT2D eigenvalue weighted by atomic mass is 19.1. The number of aromatic nitrogens is 1. The van der Waals surface area contributed by atoms with Crippen molar-refractivity contribution in [3.05, 3.63) is 65.1 Å². The van der Waals surface area contributed by atoms with Crippen molar-refractivity contribution in [2.75, 3.05) is 19.7 Å². The largest absolute Gasteiger partial charge is 0.494 e. The third kappa shape index (κ3) is 3.54. The van der Waals surface area contributed by atoms with Crippen LogP contribution < -0.4 is 10.1 Å². The van der Waals surface area contributed by atoms with Gasteiger partial charge in [-0.05, 0) is 67.3 Å². The zero-order valence-corrected chi connectivity index (χ0v) is 14.3. The van der Waals surface area contributed by atoms with E-state index in [0.717, 1.165) is 44.5 Å². The monoisotopic (exact) mass is 338 g/mol. The quantitative estimate of drug-likeness (QED) is 0.690. The highest BCUT2D eigenvalue weighted by molar-refractivity contribution is 5.88. The maximum atomic E-state index is 12.9. The van der Waals surface area contributed by atoms with Crippen LogP contribution in [0.1, 0.15) is 23.2 Å². The van der Waals surface area contributed by atoms with Gasteiger partial charge in [-0.25, -0.2) is 4.39 Å². The highest BCUT2D eigenvalue weighted by Crippen LogP contribution is 2.28. The first-order valence-corrected chi connectivity index (χ1v) is 9.01. The van der Waals surface area contributed by atoms with Gasteiger partial charge in [0.25, 0.3) is 0 Å². The van der Waals surface area contributed by atoms with Gasteiger partial charge in [0.05, 0.1) is 6.61 Å². The van der Waals surface area contributed by atoms with Crippen LogP contribution in [0.3, 0.4) is 0 Å². The number of hydrogen-bond donors (Lipinski definition) is 2. The fourth-order valence-corrected chi connectivity index (χ4v) is 3.68. The molecule has 130 valence electrons. The number of rotatable bonds is 5. The Bertz CT molecular complexity index is 854. The smallest absolute Gasteiger partial charge is 0.123 e. The maximum absolute atomic E-state index is 12.9. The van der Waals surface area contributed by atoms with Gasteiger partial charge in [-0.3, -0.25) is 0 Å². The van der Waals surface area contributed by atoms with Gasteiger partial charge >= 0.3 is 0 Å². The average molecular weight is 338 g/mol. The molecule has 0 saturated carbocycles. The molecule has 0 spiro atoms. The first-order valence-electron chi connectivity index (χ1n) is 9.01. The van der Waals surface area contributed by atoms with Crippen molar-refractivity contribution >= 4 is 10.9 Å². The van der Waals surface area contributed by atoms with E-state index in [2.05, 4.69) is 28.5 Å². The summed E-state index contributed by atoms with van der Waals surface area (Å²) in [7, 11) is 0. The van der Waals surface area contributed by atoms with E-state index >= 15 is 0 Å². The summed E-state index contributed by atoms with van der Waals surface area (Å²) < 4.78 is 18.6. The van der Waals surface area contributed by atoms with Crippen LogP contribution in [0.25, 0.3) is 10.9 Å². The van der Waals surface area contributed by atoms with Gasteiger partial charge in [-0.2, -0.15) is 0 Å². The van der Waals surface area contributed by atoms with E-state index in [0.29, 0.717) is 6.61 Å². The molecule has 0 fully saturated rings. The fourth-order valence-electron chi connectivity index (χ4n) is 3.68. The predicted molar refractivity (Wildman–Crippen MR) is 98.8 cm³/mol.